The highest BCUT2D eigenvalue weighted by Crippen LogP contribution is 2.36. The van der Waals surface area contributed by atoms with E-state index in [4.69, 9.17) is 9.15 Å². The summed E-state index contributed by atoms with van der Waals surface area (Å²) in [5.74, 6) is 0.866. The summed E-state index contributed by atoms with van der Waals surface area (Å²) in [7, 11) is 0. The van der Waals surface area contributed by atoms with Gasteiger partial charge >= 0.3 is 0 Å². The van der Waals surface area contributed by atoms with Gasteiger partial charge in [-0.25, -0.2) is 0 Å². The number of nitrogens with one attached hydrogen (secondary N) is 1. The zero-order chi connectivity index (χ0) is 19.6. The van der Waals surface area contributed by atoms with Crippen molar-refractivity contribution in [3.8, 4) is 5.75 Å². The maximum Gasteiger partial charge on any atom is 0.291 e. The normalized spacial score (nSPS) is 17.6. The van der Waals surface area contributed by atoms with E-state index in [1.54, 1.807) is 12.1 Å². The molecule has 4 nitrogen and oxygen atoms in total. The summed E-state index contributed by atoms with van der Waals surface area (Å²) >= 11 is 0. The first kappa shape index (κ1) is 18.1. The summed E-state index contributed by atoms with van der Waals surface area (Å²) in [6, 6.07) is 17.7. The second-order valence-corrected chi connectivity index (χ2v) is 7.37. The van der Waals surface area contributed by atoms with Crippen LogP contribution in [-0.4, -0.2) is 11.5 Å². The van der Waals surface area contributed by atoms with Crippen LogP contribution in [0.1, 0.15) is 40.6 Å². The number of aryl methyl sites for hydroxylation is 2. The maximum atomic E-state index is 12.3. The van der Waals surface area contributed by atoms with Crippen molar-refractivity contribution in [2.45, 2.75) is 32.3 Å². The number of hydrogen-bond acceptors (Lipinski definition) is 3. The molecule has 0 fully saturated rings. The molecule has 1 aromatic heterocycles. The van der Waals surface area contributed by atoms with Crippen LogP contribution in [0.3, 0.4) is 0 Å². The van der Waals surface area contributed by atoms with Crippen LogP contribution in [0.4, 0.5) is 5.69 Å². The highest BCUT2D eigenvalue weighted by Gasteiger charge is 2.28. The van der Waals surface area contributed by atoms with Crippen LogP contribution in [0.15, 0.2) is 71.4 Å². The van der Waals surface area contributed by atoms with Crippen LogP contribution in [0, 0.1) is 6.92 Å². The first-order valence-electron chi connectivity index (χ1n) is 9.44. The molecule has 1 unspecified atom stereocenters. The average molecular weight is 373 g/mol. The number of furan rings is 1. The number of fused-ring (bicyclic) bond motifs is 1. The van der Waals surface area contributed by atoms with Crippen LogP contribution in [0.2, 0.25) is 0 Å². The molecule has 2 heterocycles. The van der Waals surface area contributed by atoms with Crippen LogP contribution in [0.25, 0.3) is 6.08 Å². The summed E-state index contributed by atoms with van der Waals surface area (Å²) in [6.07, 6.45) is 7.51. The predicted octanol–water partition coefficient (Wildman–Crippen LogP) is 5.64. The first-order valence-corrected chi connectivity index (χ1v) is 9.44. The van der Waals surface area contributed by atoms with Crippen molar-refractivity contribution in [1.82, 2.24) is 0 Å². The minimum atomic E-state index is -0.353. The van der Waals surface area contributed by atoms with Crippen molar-refractivity contribution in [2.75, 3.05) is 5.32 Å². The minimum Gasteiger partial charge on any atom is -0.483 e. The largest absolute Gasteiger partial charge is 0.483 e. The van der Waals surface area contributed by atoms with Gasteiger partial charge in [0.1, 0.15) is 11.4 Å². The number of anilines is 1. The summed E-state index contributed by atoms with van der Waals surface area (Å²) < 4.78 is 11.5. The van der Waals surface area contributed by atoms with Gasteiger partial charge in [0.25, 0.3) is 5.91 Å². The zero-order valence-corrected chi connectivity index (χ0v) is 16.1. The average Bonchev–Trinajstić information content (AvgIpc) is 3.23. The summed E-state index contributed by atoms with van der Waals surface area (Å²) in [4.78, 5) is 12.3. The number of amides is 1. The number of benzene rings is 2. The molecule has 142 valence electrons. The summed E-state index contributed by atoms with van der Waals surface area (Å²) in [5, 5.41) is 2.91. The molecule has 1 N–H and O–H groups in total. The van der Waals surface area contributed by atoms with E-state index >= 15 is 0 Å². The molecule has 2 aromatic carbocycles. The lowest BCUT2D eigenvalue weighted by atomic mass is 9.92. The molecule has 0 aliphatic carbocycles. The first-order chi connectivity index (χ1) is 13.5. The molecule has 1 atom stereocenters. The van der Waals surface area contributed by atoms with E-state index in [-0.39, 0.29) is 17.3 Å². The molecule has 28 heavy (non-hydrogen) atoms. The number of ether oxygens (including phenoxy) is 1. The van der Waals surface area contributed by atoms with Gasteiger partial charge in [0.15, 0.2) is 5.76 Å². The Morgan fingerprint density at radius 3 is 2.68 bits per heavy atom. The number of hydrogen-bond donors (Lipinski definition) is 1. The minimum absolute atomic E-state index is 0.263. The van der Waals surface area contributed by atoms with Gasteiger partial charge in [0, 0.05) is 11.3 Å². The molecule has 0 radical (unpaired) electrons. The van der Waals surface area contributed by atoms with E-state index in [0.717, 1.165) is 35.4 Å². The summed E-state index contributed by atoms with van der Waals surface area (Å²) in [6.45, 7) is 4.07. The molecule has 0 saturated heterocycles. The summed E-state index contributed by atoms with van der Waals surface area (Å²) in [5.41, 5.74) is 3.60. The van der Waals surface area contributed by atoms with E-state index in [2.05, 4.69) is 48.7 Å². The van der Waals surface area contributed by atoms with Gasteiger partial charge < -0.3 is 14.5 Å². The van der Waals surface area contributed by atoms with Crippen LogP contribution in [-0.2, 0) is 6.42 Å². The third-order valence-electron chi connectivity index (χ3n) is 5.06. The Balaban J connectivity index is 1.49. The molecule has 0 spiro atoms. The van der Waals surface area contributed by atoms with Crippen molar-refractivity contribution < 1.29 is 13.9 Å². The molecular formula is C24H23NO3. The van der Waals surface area contributed by atoms with Crippen LogP contribution in [0.5, 0.6) is 5.75 Å². The molecule has 0 saturated carbocycles. The van der Waals surface area contributed by atoms with Gasteiger partial charge in [-0.2, -0.15) is 0 Å². The van der Waals surface area contributed by atoms with Gasteiger partial charge in [-0.05, 0) is 68.2 Å². The molecule has 3 aromatic rings. The van der Waals surface area contributed by atoms with Gasteiger partial charge in [0.05, 0.1) is 6.26 Å². The number of rotatable bonds is 5. The standard InChI is InChI=1S/C24H23NO3/c1-17-15-22-19(16-20(17)25-23(26)21-9-6-14-27-21)11-13-24(2,28-22)12-10-18-7-4-3-5-8-18/h3-9,11,13-16H,10,12H2,1-2H3,(H,25,26). The molecule has 1 aliphatic heterocycles. The van der Waals surface area contributed by atoms with E-state index < -0.39 is 0 Å². The van der Waals surface area contributed by atoms with Crippen molar-refractivity contribution in [2.24, 2.45) is 0 Å². The molecule has 0 bridgehead atoms. The highest BCUT2D eigenvalue weighted by atomic mass is 16.5. The second kappa shape index (κ2) is 7.39. The predicted molar refractivity (Wildman–Crippen MR) is 111 cm³/mol. The lowest BCUT2D eigenvalue weighted by molar-refractivity contribution is 0.0996. The maximum absolute atomic E-state index is 12.3. The fourth-order valence-electron chi connectivity index (χ4n) is 3.37. The quantitative estimate of drug-likeness (QED) is 0.630. The van der Waals surface area contributed by atoms with E-state index in [1.807, 2.05) is 25.1 Å². The number of carbonyl (C=O) groups excluding carboxylic acids is 1. The smallest absolute Gasteiger partial charge is 0.291 e. The molecule has 1 aliphatic rings. The van der Waals surface area contributed by atoms with Crippen molar-refractivity contribution in [3.63, 3.8) is 0 Å². The zero-order valence-electron chi connectivity index (χ0n) is 16.1. The Morgan fingerprint density at radius 2 is 1.93 bits per heavy atom. The topological polar surface area (TPSA) is 51.5 Å². The molecule has 4 heteroatoms. The third-order valence-corrected chi connectivity index (χ3v) is 5.06. The Hall–Kier alpha value is -3.27. The Bertz CT molecular complexity index is 1010. The number of carbonyl (C=O) groups is 1. The van der Waals surface area contributed by atoms with Gasteiger partial charge in [-0.3, -0.25) is 4.79 Å². The fraction of sp³-hybridized carbons (Fsp3) is 0.208. The monoisotopic (exact) mass is 373 g/mol. The van der Waals surface area contributed by atoms with E-state index in [1.165, 1.54) is 11.8 Å². The van der Waals surface area contributed by atoms with Gasteiger partial charge in [-0.15, -0.1) is 0 Å². The Kier molecular flexibility index (Phi) is 4.78. The van der Waals surface area contributed by atoms with Crippen molar-refractivity contribution in [3.05, 3.63) is 89.4 Å². The van der Waals surface area contributed by atoms with E-state index in [0.29, 0.717) is 0 Å². The fourth-order valence-corrected chi connectivity index (χ4v) is 3.37. The van der Waals surface area contributed by atoms with Crippen molar-refractivity contribution in [1.29, 1.82) is 0 Å². The van der Waals surface area contributed by atoms with Crippen LogP contribution < -0.4 is 10.1 Å². The Labute approximate surface area is 164 Å². The van der Waals surface area contributed by atoms with E-state index in [9.17, 15) is 4.79 Å². The molecule has 4 rings (SSSR count). The lowest BCUT2D eigenvalue weighted by Gasteiger charge is -2.32. The van der Waals surface area contributed by atoms with Crippen molar-refractivity contribution >= 4 is 17.7 Å². The molecular weight excluding hydrogens is 350 g/mol. The highest BCUT2D eigenvalue weighted by molar-refractivity contribution is 6.02. The Morgan fingerprint density at radius 1 is 1.11 bits per heavy atom. The second-order valence-electron chi connectivity index (χ2n) is 7.37. The third kappa shape index (κ3) is 3.86. The SMILES string of the molecule is Cc1cc2c(cc1NC(=O)c1ccco1)C=CC(C)(CCc1ccccc1)O2. The van der Waals surface area contributed by atoms with Gasteiger partial charge in [0.2, 0.25) is 0 Å². The lowest BCUT2D eigenvalue weighted by Crippen LogP contribution is -2.32. The molecule has 1 amide bonds. The van der Waals surface area contributed by atoms with Crippen LogP contribution >= 0.6 is 0 Å². The van der Waals surface area contributed by atoms with Gasteiger partial charge in [-0.1, -0.05) is 36.4 Å².